The van der Waals surface area contributed by atoms with Crippen LogP contribution in [0.1, 0.15) is 29.7 Å². The summed E-state index contributed by atoms with van der Waals surface area (Å²) >= 11 is 1.67. The standard InChI is InChI=1S/C23H29N7O3S/c24-13-17-16(4-3-5-18(17)25)22-27-19-12-15(14-26-7-2-1-6-20(31)29-32)34-21(19)23(28-22)30-8-10-33-11-9-30/h3-5,12-13,24,26,32H,1-2,6-11,14,25H2,(H,29,31). The molecule has 0 saturated carbocycles. The second-order valence-electron chi connectivity index (χ2n) is 8.02. The van der Waals surface area contributed by atoms with Crippen LogP contribution in [0.2, 0.25) is 0 Å². The maximum atomic E-state index is 11.1. The Morgan fingerprint density at radius 3 is 2.88 bits per heavy atom. The Hall–Kier alpha value is -3.12. The topological polar surface area (TPSA) is 149 Å². The Morgan fingerprint density at radius 1 is 1.29 bits per heavy atom. The van der Waals surface area contributed by atoms with Crippen LogP contribution in [0.25, 0.3) is 21.6 Å². The van der Waals surface area contributed by atoms with Crippen LogP contribution in [0.3, 0.4) is 0 Å². The first-order valence-electron chi connectivity index (χ1n) is 11.3. The summed E-state index contributed by atoms with van der Waals surface area (Å²) in [6.45, 7) is 4.28. The molecule has 0 spiro atoms. The summed E-state index contributed by atoms with van der Waals surface area (Å²) in [5.74, 6) is 1.08. The number of thiophene rings is 1. The highest BCUT2D eigenvalue weighted by Crippen LogP contribution is 2.35. The summed E-state index contributed by atoms with van der Waals surface area (Å²) in [4.78, 5) is 24.2. The summed E-state index contributed by atoms with van der Waals surface area (Å²) in [6.07, 6.45) is 3.10. The number of ether oxygens (including phenoxy) is 1. The third kappa shape index (κ3) is 5.50. The van der Waals surface area contributed by atoms with E-state index in [4.69, 9.17) is 31.1 Å². The van der Waals surface area contributed by atoms with Crippen molar-refractivity contribution in [2.24, 2.45) is 0 Å². The molecule has 10 nitrogen and oxygen atoms in total. The highest BCUT2D eigenvalue weighted by molar-refractivity contribution is 7.19. The monoisotopic (exact) mass is 483 g/mol. The lowest BCUT2D eigenvalue weighted by Gasteiger charge is -2.28. The fourth-order valence-corrected chi connectivity index (χ4v) is 4.99. The lowest BCUT2D eigenvalue weighted by atomic mass is 10.1. The number of carbonyl (C=O) groups excluding carboxylic acids is 1. The normalized spacial score (nSPS) is 13.9. The fourth-order valence-electron chi connectivity index (χ4n) is 3.90. The van der Waals surface area contributed by atoms with Crippen molar-refractivity contribution in [3.05, 3.63) is 34.7 Å². The van der Waals surface area contributed by atoms with Crippen molar-refractivity contribution in [3.8, 4) is 11.4 Å². The number of nitrogens with two attached hydrogens (primary N) is 1. The average Bonchev–Trinajstić information content (AvgIpc) is 3.28. The minimum atomic E-state index is -0.360. The Labute approximate surface area is 201 Å². The first-order valence-corrected chi connectivity index (χ1v) is 12.1. The maximum Gasteiger partial charge on any atom is 0.243 e. The molecule has 6 N–H and O–H groups in total. The molecule has 3 heterocycles. The number of aromatic nitrogens is 2. The van der Waals surface area contributed by atoms with Gasteiger partial charge in [-0.15, -0.1) is 11.3 Å². The van der Waals surface area contributed by atoms with E-state index in [1.165, 1.54) is 6.21 Å². The Morgan fingerprint density at radius 2 is 2.12 bits per heavy atom. The van der Waals surface area contributed by atoms with E-state index < -0.39 is 0 Å². The molecule has 180 valence electrons. The van der Waals surface area contributed by atoms with Gasteiger partial charge in [0.1, 0.15) is 0 Å². The smallest absolute Gasteiger partial charge is 0.243 e. The molecule has 0 atom stereocenters. The van der Waals surface area contributed by atoms with Crippen LogP contribution in [0.5, 0.6) is 0 Å². The lowest BCUT2D eigenvalue weighted by molar-refractivity contribution is -0.129. The molecule has 0 bridgehead atoms. The van der Waals surface area contributed by atoms with Crippen LogP contribution in [0, 0.1) is 5.41 Å². The van der Waals surface area contributed by atoms with Crippen molar-refractivity contribution >= 4 is 45.2 Å². The molecule has 0 radical (unpaired) electrons. The van der Waals surface area contributed by atoms with Gasteiger partial charge in [0.15, 0.2) is 11.6 Å². The van der Waals surface area contributed by atoms with Gasteiger partial charge in [-0.2, -0.15) is 0 Å². The number of fused-ring (bicyclic) bond motifs is 1. The van der Waals surface area contributed by atoms with Gasteiger partial charge in [0.25, 0.3) is 0 Å². The number of nitrogens with one attached hydrogen (secondary N) is 3. The molecule has 34 heavy (non-hydrogen) atoms. The van der Waals surface area contributed by atoms with Crippen LogP contribution in [0.15, 0.2) is 24.3 Å². The van der Waals surface area contributed by atoms with Gasteiger partial charge in [-0.3, -0.25) is 10.0 Å². The van der Waals surface area contributed by atoms with Gasteiger partial charge in [-0.1, -0.05) is 12.1 Å². The molecular weight excluding hydrogens is 454 g/mol. The van der Waals surface area contributed by atoms with Crippen molar-refractivity contribution in [1.29, 1.82) is 5.41 Å². The highest BCUT2D eigenvalue weighted by atomic mass is 32.1. The fraction of sp³-hybridized carbons (Fsp3) is 0.391. The SMILES string of the molecule is N=Cc1c(N)cccc1-c1nc(N2CCOCC2)c2sc(CNCCCCC(=O)NO)cc2n1. The predicted molar refractivity (Wildman–Crippen MR) is 134 cm³/mol. The van der Waals surface area contributed by atoms with Gasteiger partial charge < -0.3 is 26.1 Å². The molecular formula is C23H29N7O3S. The molecule has 2 aromatic heterocycles. The minimum absolute atomic E-state index is 0.310. The molecule has 11 heteroatoms. The van der Waals surface area contributed by atoms with E-state index in [1.54, 1.807) is 22.9 Å². The van der Waals surface area contributed by atoms with Crippen LogP contribution < -0.4 is 21.4 Å². The van der Waals surface area contributed by atoms with Crippen molar-refractivity contribution in [2.75, 3.05) is 43.5 Å². The average molecular weight is 484 g/mol. The van der Waals surface area contributed by atoms with Crippen molar-refractivity contribution in [3.63, 3.8) is 0 Å². The van der Waals surface area contributed by atoms with E-state index >= 15 is 0 Å². The lowest BCUT2D eigenvalue weighted by Crippen LogP contribution is -2.36. The van der Waals surface area contributed by atoms with Gasteiger partial charge in [-0.05, 0) is 31.5 Å². The molecule has 0 aliphatic carbocycles. The summed E-state index contributed by atoms with van der Waals surface area (Å²) in [5, 5.41) is 19.8. The maximum absolute atomic E-state index is 11.1. The molecule has 1 amide bonds. The van der Waals surface area contributed by atoms with Crippen LogP contribution in [-0.4, -0.2) is 60.1 Å². The third-order valence-corrected chi connectivity index (χ3v) is 6.79. The number of carbonyl (C=O) groups is 1. The first-order chi connectivity index (χ1) is 16.6. The molecule has 4 rings (SSSR count). The van der Waals surface area contributed by atoms with Gasteiger partial charge >= 0.3 is 0 Å². The predicted octanol–water partition coefficient (Wildman–Crippen LogP) is 2.54. The molecule has 1 aliphatic heterocycles. The van der Waals surface area contributed by atoms with Crippen LogP contribution >= 0.6 is 11.3 Å². The quantitative estimate of drug-likeness (QED) is 0.0971. The second kappa shape index (κ2) is 11.3. The van der Waals surface area contributed by atoms with E-state index in [2.05, 4.69) is 16.3 Å². The number of nitrogen functional groups attached to an aromatic ring is 1. The van der Waals surface area contributed by atoms with Crippen molar-refractivity contribution < 1.29 is 14.7 Å². The van der Waals surface area contributed by atoms with Crippen molar-refractivity contribution in [1.82, 2.24) is 20.8 Å². The summed E-state index contributed by atoms with van der Waals surface area (Å²) in [7, 11) is 0. The molecule has 1 fully saturated rings. The van der Waals surface area contributed by atoms with Crippen LogP contribution in [0.4, 0.5) is 11.5 Å². The summed E-state index contributed by atoms with van der Waals surface area (Å²) < 4.78 is 6.57. The van der Waals surface area contributed by atoms with E-state index in [0.29, 0.717) is 49.7 Å². The van der Waals surface area contributed by atoms with Gasteiger partial charge in [0, 0.05) is 54.0 Å². The third-order valence-electron chi connectivity index (χ3n) is 5.67. The van der Waals surface area contributed by atoms with E-state index in [9.17, 15) is 4.79 Å². The van der Waals surface area contributed by atoms with Crippen molar-refractivity contribution in [2.45, 2.75) is 25.8 Å². The molecule has 1 saturated heterocycles. The van der Waals surface area contributed by atoms with E-state index in [-0.39, 0.29) is 5.91 Å². The van der Waals surface area contributed by atoms with E-state index in [0.717, 1.165) is 52.5 Å². The number of morpholine rings is 1. The Bertz CT molecular complexity index is 1160. The molecule has 1 aliphatic rings. The number of unbranched alkanes of at least 4 members (excludes halogenated alkanes) is 1. The number of benzene rings is 1. The number of anilines is 2. The molecule has 3 aromatic rings. The van der Waals surface area contributed by atoms with Crippen LogP contribution in [-0.2, 0) is 16.1 Å². The summed E-state index contributed by atoms with van der Waals surface area (Å²) in [6, 6.07) is 7.60. The zero-order valence-electron chi connectivity index (χ0n) is 18.8. The van der Waals surface area contributed by atoms with Gasteiger partial charge in [0.2, 0.25) is 5.91 Å². The number of rotatable bonds is 10. The largest absolute Gasteiger partial charge is 0.398 e. The zero-order chi connectivity index (χ0) is 23.9. The second-order valence-corrected chi connectivity index (χ2v) is 9.16. The number of amides is 1. The molecule has 1 aromatic carbocycles. The zero-order valence-corrected chi connectivity index (χ0v) is 19.7. The first kappa shape index (κ1) is 24.0. The van der Waals surface area contributed by atoms with Gasteiger partial charge in [-0.25, -0.2) is 15.4 Å². The minimum Gasteiger partial charge on any atom is -0.398 e. The summed E-state index contributed by atoms with van der Waals surface area (Å²) in [5.41, 5.74) is 10.5. The number of nitrogens with zero attached hydrogens (tertiary/aromatic N) is 3. The number of hydroxylamine groups is 1. The van der Waals surface area contributed by atoms with Gasteiger partial charge in [0.05, 0.1) is 23.4 Å². The highest BCUT2D eigenvalue weighted by Gasteiger charge is 2.21. The Kier molecular flexibility index (Phi) is 8.01. The number of hydrogen-bond donors (Lipinski definition) is 5. The molecule has 0 unspecified atom stereocenters. The Balaban J connectivity index is 1.59. The number of hydrogen-bond acceptors (Lipinski definition) is 10. The van der Waals surface area contributed by atoms with E-state index in [1.807, 2.05) is 12.1 Å².